The smallest absolute Gasteiger partial charge is 0.253 e. The van der Waals surface area contributed by atoms with Gasteiger partial charge in [-0.15, -0.1) is 0 Å². The van der Waals surface area contributed by atoms with Crippen LogP contribution in [0.5, 0.6) is 0 Å². The molecule has 1 fully saturated rings. The number of rotatable bonds is 3. The van der Waals surface area contributed by atoms with Crippen molar-refractivity contribution in [2.24, 2.45) is 5.73 Å². The molecule has 2 rings (SSSR count). The fourth-order valence-corrected chi connectivity index (χ4v) is 2.71. The molecule has 1 saturated heterocycles. The molecule has 1 amide bonds. The van der Waals surface area contributed by atoms with Crippen LogP contribution in [0, 0.1) is 6.92 Å². The fraction of sp³-hybridized carbons (Fsp3) is 0.462. The van der Waals surface area contributed by atoms with Crippen LogP contribution < -0.4 is 11.1 Å². The van der Waals surface area contributed by atoms with Gasteiger partial charge in [-0.2, -0.15) is 0 Å². The van der Waals surface area contributed by atoms with Crippen LogP contribution in [0.4, 0.5) is 5.69 Å². The molecule has 2 atom stereocenters. The molecule has 0 bridgehead atoms. The summed E-state index contributed by atoms with van der Waals surface area (Å²) in [6.45, 7) is 2.46. The average Bonchev–Trinajstić information content (AvgIpc) is 2.75. The van der Waals surface area contributed by atoms with Gasteiger partial charge in [-0.3, -0.25) is 4.79 Å². The lowest BCUT2D eigenvalue weighted by molar-refractivity contribution is -0.126. The Morgan fingerprint density at radius 3 is 2.89 bits per heavy atom. The molecule has 0 radical (unpaired) electrons. The molecule has 1 aromatic rings. The Morgan fingerprint density at radius 1 is 1.50 bits per heavy atom. The number of nitrogens with two attached hydrogens (primary N) is 1. The lowest BCUT2D eigenvalue weighted by Crippen LogP contribution is -2.29. The summed E-state index contributed by atoms with van der Waals surface area (Å²) in [5, 5.41) is 2.88. The third-order valence-corrected chi connectivity index (χ3v) is 3.43. The number of benzene rings is 1. The van der Waals surface area contributed by atoms with E-state index in [0.717, 1.165) is 28.6 Å². The van der Waals surface area contributed by atoms with E-state index in [2.05, 4.69) is 21.2 Å². The Hall–Kier alpha value is -0.910. The maximum absolute atomic E-state index is 12.0. The Balaban J connectivity index is 1.99. The molecule has 98 valence electrons. The standard InChI is InChI=1S/C13H17BrN2O2/c1-8-4-9(14)6-10(5-8)16-13(17)12-3-2-11(7-15)18-12/h4-6,11-12H,2-3,7,15H2,1H3,(H,16,17). The highest BCUT2D eigenvalue weighted by Gasteiger charge is 2.29. The maximum atomic E-state index is 12.0. The maximum Gasteiger partial charge on any atom is 0.253 e. The van der Waals surface area contributed by atoms with E-state index in [0.29, 0.717) is 6.54 Å². The molecule has 4 nitrogen and oxygen atoms in total. The van der Waals surface area contributed by atoms with Gasteiger partial charge in [0.15, 0.2) is 0 Å². The van der Waals surface area contributed by atoms with Gasteiger partial charge < -0.3 is 15.8 Å². The van der Waals surface area contributed by atoms with Crippen molar-refractivity contribution < 1.29 is 9.53 Å². The Labute approximate surface area is 115 Å². The largest absolute Gasteiger partial charge is 0.364 e. The molecule has 1 aromatic carbocycles. The number of carbonyl (C=O) groups excluding carboxylic acids is 1. The van der Waals surface area contributed by atoms with Crippen LogP contribution in [0.3, 0.4) is 0 Å². The lowest BCUT2D eigenvalue weighted by atomic mass is 10.1. The highest BCUT2D eigenvalue weighted by Crippen LogP contribution is 2.22. The van der Waals surface area contributed by atoms with E-state index in [1.807, 2.05) is 25.1 Å². The Bertz CT molecular complexity index is 430. The van der Waals surface area contributed by atoms with Crippen molar-refractivity contribution in [3.8, 4) is 0 Å². The predicted molar refractivity (Wildman–Crippen MR) is 74.5 cm³/mol. The quantitative estimate of drug-likeness (QED) is 0.899. The zero-order valence-electron chi connectivity index (χ0n) is 10.3. The second-order valence-electron chi connectivity index (χ2n) is 4.57. The first-order valence-corrected chi connectivity index (χ1v) is 6.81. The van der Waals surface area contributed by atoms with Crippen LogP contribution in [0.25, 0.3) is 0 Å². The molecule has 1 aliphatic heterocycles. The van der Waals surface area contributed by atoms with Crippen molar-refractivity contribution in [1.82, 2.24) is 0 Å². The Kier molecular flexibility index (Phi) is 4.37. The van der Waals surface area contributed by atoms with Crippen LogP contribution in [-0.2, 0) is 9.53 Å². The number of ether oxygens (including phenoxy) is 1. The number of carbonyl (C=O) groups is 1. The number of aryl methyl sites for hydroxylation is 1. The molecule has 18 heavy (non-hydrogen) atoms. The first-order valence-electron chi connectivity index (χ1n) is 6.02. The zero-order valence-corrected chi connectivity index (χ0v) is 11.9. The number of anilines is 1. The van der Waals surface area contributed by atoms with Gasteiger partial charge >= 0.3 is 0 Å². The molecule has 1 heterocycles. The summed E-state index contributed by atoms with van der Waals surface area (Å²) in [5.41, 5.74) is 7.40. The summed E-state index contributed by atoms with van der Waals surface area (Å²) >= 11 is 3.41. The second kappa shape index (κ2) is 5.82. The predicted octanol–water partition coefficient (Wildman–Crippen LogP) is 2.20. The fourth-order valence-electron chi connectivity index (χ4n) is 2.10. The third-order valence-electron chi connectivity index (χ3n) is 2.97. The summed E-state index contributed by atoms with van der Waals surface area (Å²) in [6, 6.07) is 5.80. The van der Waals surface area contributed by atoms with Gasteiger partial charge in [-0.05, 0) is 43.5 Å². The van der Waals surface area contributed by atoms with Gasteiger partial charge in [0.25, 0.3) is 5.91 Å². The van der Waals surface area contributed by atoms with Gasteiger partial charge in [0.1, 0.15) is 6.10 Å². The number of hydrogen-bond acceptors (Lipinski definition) is 3. The van der Waals surface area contributed by atoms with Crippen LogP contribution in [0.15, 0.2) is 22.7 Å². The highest BCUT2D eigenvalue weighted by molar-refractivity contribution is 9.10. The summed E-state index contributed by atoms with van der Waals surface area (Å²) in [4.78, 5) is 12.0. The van der Waals surface area contributed by atoms with Gasteiger partial charge in [0.2, 0.25) is 0 Å². The Morgan fingerprint density at radius 2 is 2.28 bits per heavy atom. The molecule has 0 saturated carbocycles. The summed E-state index contributed by atoms with van der Waals surface area (Å²) in [6.07, 6.45) is 1.23. The van der Waals surface area contributed by atoms with Crippen molar-refractivity contribution in [1.29, 1.82) is 0 Å². The number of halogens is 1. The molecule has 1 aliphatic rings. The van der Waals surface area contributed by atoms with E-state index in [4.69, 9.17) is 10.5 Å². The molecular formula is C13H17BrN2O2. The molecule has 0 spiro atoms. The summed E-state index contributed by atoms with van der Waals surface area (Å²) < 4.78 is 6.51. The lowest BCUT2D eigenvalue weighted by Gasteiger charge is -2.13. The van der Waals surface area contributed by atoms with Crippen LogP contribution in [-0.4, -0.2) is 24.7 Å². The molecule has 0 aromatic heterocycles. The monoisotopic (exact) mass is 312 g/mol. The topological polar surface area (TPSA) is 64.4 Å². The van der Waals surface area contributed by atoms with Crippen molar-refractivity contribution >= 4 is 27.5 Å². The van der Waals surface area contributed by atoms with Crippen LogP contribution >= 0.6 is 15.9 Å². The van der Waals surface area contributed by atoms with E-state index in [9.17, 15) is 4.79 Å². The molecule has 3 N–H and O–H groups in total. The molecular weight excluding hydrogens is 296 g/mol. The summed E-state index contributed by atoms with van der Waals surface area (Å²) in [5.74, 6) is -0.0940. The second-order valence-corrected chi connectivity index (χ2v) is 5.48. The van der Waals surface area contributed by atoms with Crippen molar-refractivity contribution in [3.05, 3.63) is 28.2 Å². The normalized spacial score (nSPS) is 23.1. The van der Waals surface area contributed by atoms with E-state index >= 15 is 0 Å². The van der Waals surface area contributed by atoms with Gasteiger partial charge in [-0.25, -0.2) is 0 Å². The van der Waals surface area contributed by atoms with E-state index in [-0.39, 0.29) is 18.1 Å². The molecule has 2 unspecified atom stereocenters. The van der Waals surface area contributed by atoms with Gasteiger partial charge in [-0.1, -0.05) is 15.9 Å². The first-order chi connectivity index (χ1) is 8.58. The van der Waals surface area contributed by atoms with E-state index in [1.54, 1.807) is 0 Å². The number of hydrogen-bond donors (Lipinski definition) is 2. The van der Waals surface area contributed by atoms with E-state index < -0.39 is 0 Å². The van der Waals surface area contributed by atoms with Gasteiger partial charge in [0, 0.05) is 16.7 Å². The zero-order chi connectivity index (χ0) is 13.1. The average molecular weight is 313 g/mol. The van der Waals surface area contributed by atoms with Crippen molar-refractivity contribution in [3.63, 3.8) is 0 Å². The number of nitrogens with one attached hydrogen (secondary N) is 1. The third kappa shape index (κ3) is 3.31. The molecule has 0 aliphatic carbocycles. The minimum absolute atomic E-state index is 0.0185. The highest BCUT2D eigenvalue weighted by atomic mass is 79.9. The van der Waals surface area contributed by atoms with E-state index in [1.165, 1.54) is 0 Å². The SMILES string of the molecule is Cc1cc(Br)cc(NC(=O)C2CCC(CN)O2)c1. The minimum atomic E-state index is -0.377. The number of amides is 1. The first kappa shape index (κ1) is 13.5. The minimum Gasteiger partial charge on any atom is -0.364 e. The van der Waals surface area contributed by atoms with Crippen molar-refractivity contribution in [2.45, 2.75) is 32.0 Å². The van der Waals surface area contributed by atoms with Gasteiger partial charge in [0.05, 0.1) is 6.10 Å². The van der Waals surface area contributed by atoms with Crippen LogP contribution in [0.2, 0.25) is 0 Å². The summed E-state index contributed by atoms with van der Waals surface area (Å²) in [7, 11) is 0. The molecule has 5 heteroatoms. The van der Waals surface area contributed by atoms with Crippen LogP contribution in [0.1, 0.15) is 18.4 Å². The van der Waals surface area contributed by atoms with Crippen molar-refractivity contribution in [2.75, 3.05) is 11.9 Å².